The lowest BCUT2D eigenvalue weighted by molar-refractivity contribution is -0.124. The van der Waals surface area contributed by atoms with Crippen LogP contribution >= 0.6 is 0 Å². The number of hydroxylamine groups is 1. The third-order valence-electron chi connectivity index (χ3n) is 6.92. The molecule has 3 N–H and O–H groups in total. The molecule has 4 saturated carbocycles. The second kappa shape index (κ2) is 7.93. The number of benzene rings is 1. The van der Waals surface area contributed by atoms with Gasteiger partial charge in [-0.05, 0) is 91.9 Å². The number of rotatable bonds is 7. The van der Waals surface area contributed by atoms with E-state index in [9.17, 15) is 4.79 Å². The first-order chi connectivity index (χ1) is 12.7. The first-order valence-corrected chi connectivity index (χ1v) is 10.1. The Morgan fingerprint density at radius 1 is 1.04 bits per heavy atom. The first-order valence-electron chi connectivity index (χ1n) is 10.1. The van der Waals surface area contributed by atoms with Crippen LogP contribution in [0.1, 0.15) is 49.7 Å². The Kier molecular flexibility index (Phi) is 5.41. The van der Waals surface area contributed by atoms with Crippen LogP contribution in [0.3, 0.4) is 0 Å². The molecule has 4 aliphatic carbocycles. The molecule has 1 aromatic carbocycles. The third-order valence-corrected chi connectivity index (χ3v) is 6.92. The summed E-state index contributed by atoms with van der Waals surface area (Å²) in [5.41, 5.74) is 3.80. The molecule has 0 aliphatic heterocycles. The number of carbonyl (C=O) groups is 1. The molecule has 4 bridgehead atoms. The van der Waals surface area contributed by atoms with Crippen molar-refractivity contribution in [3.63, 3.8) is 0 Å². The van der Waals surface area contributed by atoms with Crippen molar-refractivity contribution in [2.75, 3.05) is 6.54 Å². The molecule has 4 fully saturated rings. The average molecular weight is 354 g/mol. The fourth-order valence-electron chi connectivity index (χ4n) is 5.97. The van der Waals surface area contributed by atoms with Gasteiger partial charge in [-0.15, -0.1) is 0 Å². The summed E-state index contributed by atoms with van der Waals surface area (Å²) in [4.78, 5) is 11.0. The fourth-order valence-corrected chi connectivity index (χ4v) is 5.97. The Labute approximate surface area is 156 Å². The van der Waals surface area contributed by atoms with Crippen molar-refractivity contribution in [3.8, 4) is 0 Å². The molecule has 0 radical (unpaired) electrons. The predicted octanol–water partition coefficient (Wildman–Crippen LogP) is 3.76. The van der Waals surface area contributed by atoms with E-state index in [2.05, 4.69) is 17.4 Å². The maximum atomic E-state index is 11.0. The van der Waals surface area contributed by atoms with E-state index in [4.69, 9.17) is 5.21 Å². The highest BCUT2D eigenvalue weighted by Crippen LogP contribution is 2.57. The Bertz CT molecular complexity index is 625. The van der Waals surface area contributed by atoms with Crippen LogP contribution in [0.25, 0.3) is 6.08 Å². The molecule has 1 amide bonds. The van der Waals surface area contributed by atoms with E-state index in [1.54, 1.807) is 11.6 Å². The lowest BCUT2D eigenvalue weighted by atomic mass is 9.51. The lowest BCUT2D eigenvalue weighted by Crippen LogP contribution is -2.45. The van der Waals surface area contributed by atoms with Gasteiger partial charge >= 0.3 is 0 Å². The molecular weight excluding hydrogens is 324 g/mol. The third kappa shape index (κ3) is 4.02. The number of nitrogens with one attached hydrogen (secondary N) is 2. The predicted molar refractivity (Wildman–Crippen MR) is 102 cm³/mol. The summed E-state index contributed by atoms with van der Waals surface area (Å²) in [5.74, 6) is 4.64. The fraction of sp³-hybridized carbons (Fsp3) is 0.591. The van der Waals surface area contributed by atoms with Crippen LogP contribution in [-0.4, -0.2) is 17.7 Å². The van der Waals surface area contributed by atoms with Crippen LogP contribution in [0.2, 0.25) is 0 Å². The smallest absolute Gasteiger partial charge is 0.267 e. The van der Waals surface area contributed by atoms with Gasteiger partial charge in [-0.2, -0.15) is 0 Å². The zero-order valence-corrected chi connectivity index (χ0v) is 15.4. The highest BCUT2D eigenvalue weighted by atomic mass is 16.5. The molecule has 4 aliphatic rings. The highest BCUT2D eigenvalue weighted by Gasteiger charge is 2.47. The van der Waals surface area contributed by atoms with E-state index in [1.807, 2.05) is 12.1 Å². The molecule has 0 unspecified atom stereocenters. The van der Waals surface area contributed by atoms with Crippen molar-refractivity contribution in [2.45, 2.75) is 45.1 Å². The van der Waals surface area contributed by atoms with Crippen LogP contribution in [0.15, 0.2) is 30.3 Å². The van der Waals surface area contributed by atoms with E-state index < -0.39 is 5.91 Å². The van der Waals surface area contributed by atoms with Crippen molar-refractivity contribution in [3.05, 3.63) is 41.5 Å². The highest BCUT2D eigenvalue weighted by molar-refractivity contribution is 5.90. The Balaban J connectivity index is 1.20. The molecule has 4 nitrogen and oxygen atoms in total. The van der Waals surface area contributed by atoms with E-state index in [0.717, 1.165) is 48.2 Å². The van der Waals surface area contributed by atoms with Crippen molar-refractivity contribution in [1.29, 1.82) is 0 Å². The molecule has 1 aromatic rings. The van der Waals surface area contributed by atoms with Gasteiger partial charge < -0.3 is 5.32 Å². The molecule has 0 saturated heterocycles. The summed E-state index contributed by atoms with van der Waals surface area (Å²) in [6, 6.07) is 8.17. The molecule has 0 atom stereocenters. The van der Waals surface area contributed by atoms with E-state index in [0.29, 0.717) is 0 Å². The Morgan fingerprint density at radius 3 is 2.31 bits per heavy atom. The quantitative estimate of drug-likeness (QED) is 0.302. The van der Waals surface area contributed by atoms with E-state index in [-0.39, 0.29) is 0 Å². The number of hydrogen-bond acceptors (Lipinski definition) is 3. The second-order valence-electron chi connectivity index (χ2n) is 8.61. The van der Waals surface area contributed by atoms with Crippen LogP contribution in [-0.2, 0) is 11.3 Å². The molecule has 0 aromatic heterocycles. The Morgan fingerprint density at radius 2 is 1.69 bits per heavy atom. The molecule has 0 heterocycles. The van der Waals surface area contributed by atoms with E-state index in [1.165, 1.54) is 50.2 Å². The topological polar surface area (TPSA) is 61.4 Å². The minimum Gasteiger partial charge on any atom is -0.313 e. The van der Waals surface area contributed by atoms with Gasteiger partial charge in [0.05, 0.1) is 0 Å². The normalized spacial score (nSPS) is 32.3. The van der Waals surface area contributed by atoms with Crippen LogP contribution in [0.5, 0.6) is 0 Å². The SMILES string of the molecule is O=C(/C=C/c1ccc(CNCCC2C3CC4CC(C3)CC2C4)cc1)NO. The molecule has 140 valence electrons. The monoisotopic (exact) mass is 354 g/mol. The molecule has 0 spiro atoms. The van der Waals surface area contributed by atoms with Gasteiger partial charge in [-0.1, -0.05) is 24.3 Å². The number of carbonyl (C=O) groups excluding carboxylic acids is 1. The largest absolute Gasteiger partial charge is 0.313 e. The summed E-state index contributed by atoms with van der Waals surface area (Å²) >= 11 is 0. The summed E-state index contributed by atoms with van der Waals surface area (Å²) < 4.78 is 0. The molecule has 5 rings (SSSR count). The minimum absolute atomic E-state index is 0.513. The van der Waals surface area contributed by atoms with Gasteiger partial charge in [0.25, 0.3) is 5.91 Å². The molecular formula is C22H30N2O2. The van der Waals surface area contributed by atoms with Gasteiger partial charge in [0.15, 0.2) is 0 Å². The molecule has 26 heavy (non-hydrogen) atoms. The lowest BCUT2D eigenvalue weighted by Gasteiger charge is -2.54. The number of hydrogen-bond donors (Lipinski definition) is 3. The molecule has 4 heteroatoms. The van der Waals surface area contributed by atoms with Crippen LogP contribution in [0.4, 0.5) is 0 Å². The van der Waals surface area contributed by atoms with Gasteiger partial charge in [0.2, 0.25) is 0 Å². The second-order valence-corrected chi connectivity index (χ2v) is 8.61. The van der Waals surface area contributed by atoms with Crippen molar-refractivity contribution < 1.29 is 10.0 Å². The maximum Gasteiger partial charge on any atom is 0.267 e. The van der Waals surface area contributed by atoms with Gasteiger partial charge in [0, 0.05) is 12.6 Å². The van der Waals surface area contributed by atoms with Crippen molar-refractivity contribution >= 4 is 12.0 Å². The zero-order chi connectivity index (χ0) is 17.9. The summed E-state index contributed by atoms with van der Waals surface area (Å²) in [6.07, 6.45) is 11.9. The maximum absolute atomic E-state index is 11.0. The average Bonchev–Trinajstić information content (AvgIpc) is 2.65. The summed E-state index contributed by atoms with van der Waals surface area (Å²) in [5, 5.41) is 12.1. The number of amides is 1. The minimum atomic E-state index is -0.513. The van der Waals surface area contributed by atoms with Gasteiger partial charge in [-0.3, -0.25) is 10.0 Å². The van der Waals surface area contributed by atoms with Crippen LogP contribution in [0, 0.1) is 29.6 Å². The first kappa shape index (κ1) is 17.7. The van der Waals surface area contributed by atoms with Crippen molar-refractivity contribution in [1.82, 2.24) is 10.8 Å². The van der Waals surface area contributed by atoms with Gasteiger partial charge in [0.1, 0.15) is 0 Å². The summed E-state index contributed by atoms with van der Waals surface area (Å²) in [7, 11) is 0. The van der Waals surface area contributed by atoms with E-state index >= 15 is 0 Å². The van der Waals surface area contributed by atoms with Crippen LogP contribution < -0.4 is 10.8 Å². The Hall–Kier alpha value is -1.65. The van der Waals surface area contributed by atoms with Gasteiger partial charge in [-0.25, -0.2) is 5.48 Å². The van der Waals surface area contributed by atoms with Crippen molar-refractivity contribution in [2.24, 2.45) is 29.6 Å². The summed E-state index contributed by atoms with van der Waals surface area (Å²) in [6.45, 7) is 2.01. The zero-order valence-electron chi connectivity index (χ0n) is 15.4. The standard InChI is InChI=1S/C22H30N2O2/c25-22(24-26)6-5-15-1-3-16(4-2-15)14-23-8-7-21-19-10-17-9-18(12-19)13-20(21)11-17/h1-6,17-21,23,26H,7-14H2,(H,24,25)/b6-5+.